The lowest BCUT2D eigenvalue weighted by molar-refractivity contribution is -0.120. The summed E-state index contributed by atoms with van der Waals surface area (Å²) in [4.78, 5) is 39.1. The smallest absolute Gasteiger partial charge is 0.283 e. The van der Waals surface area contributed by atoms with Crippen molar-refractivity contribution in [2.24, 2.45) is 0 Å². The van der Waals surface area contributed by atoms with Gasteiger partial charge in [-0.25, -0.2) is 4.90 Å². The maximum Gasteiger partial charge on any atom is 0.283 e. The molecule has 0 saturated carbocycles. The number of unbranched alkanes of at least 4 members (excludes halogenated alkanes) is 1. The summed E-state index contributed by atoms with van der Waals surface area (Å²) < 4.78 is 0. The fourth-order valence-corrected chi connectivity index (χ4v) is 4.05. The molecule has 8 heteroatoms. The summed E-state index contributed by atoms with van der Waals surface area (Å²) in [5.41, 5.74) is 3.18. The Hall–Kier alpha value is -3.61. The van der Waals surface area contributed by atoms with E-state index in [9.17, 15) is 14.4 Å². The van der Waals surface area contributed by atoms with Gasteiger partial charge in [-0.1, -0.05) is 54.7 Å². The predicted octanol–water partition coefficient (Wildman–Crippen LogP) is 6.37. The van der Waals surface area contributed by atoms with E-state index >= 15 is 0 Å². The Morgan fingerprint density at radius 1 is 0.886 bits per heavy atom. The van der Waals surface area contributed by atoms with Crippen LogP contribution in [0.3, 0.4) is 0 Å². The van der Waals surface area contributed by atoms with Gasteiger partial charge >= 0.3 is 0 Å². The first-order valence-electron chi connectivity index (χ1n) is 11.2. The van der Waals surface area contributed by atoms with Crippen molar-refractivity contribution in [1.82, 2.24) is 0 Å². The average Bonchev–Trinajstić information content (AvgIpc) is 3.07. The number of halogens is 2. The van der Waals surface area contributed by atoms with Gasteiger partial charge in [0.15, 0.2) is 0 Å². The monoisotopic (exact) mass is 507 g/mol. The molecule has 0 aromatic heterocycles. The molecule has 4 rings (SSSR count). The first kappa shape index (κ1) is 24.5. The molecule has 35 heavy (non-hydrogen) atoms. The third kappa shape index (κ3) is 5.56. The van der Waals surface area contributed by atoms with Crippen molar-refractivity contribution in [3.63, 3.8) is 0 Å². The lowest BCUT2D eigenvalue weighted by Crippen LogP contribution is -2.32. The summed E-state index contributed by atoms with van der Waals surface area (Å²) in [6.45, 7) is 2.15. The number of hydrogen-bond acceptors (Lipinski definition) is 4. The number of carbonyl (C=O) groups is 3. The highest BCUT2D eigenvalue weighted by Gasteiger charge is 2.39. The third-order valence-corrected chi connectivity index (χ3v) is 6.13. The van der Waals surface area contributed by atoms with Crippen LogP contribution in [0.4, 0.5) is 17.1 Å². The van der Waals surface area contributed by atoms with Crippen molar-refractivity contribution >= 4 is 58.0 Å². The molecule has 1 aliphatic rings. The molecule has 0 aliphatic carbocycles. The average molecular weight is 508 g/mol. The van der Waals surface area contributed by atoms with Gasteiger partial charge in [0.2, 0.25) is 0 Å². The molecule has 0 bridgehead atoms. The van der Waals surface area contributed by atoms with Crippen molar-refractivity contribution in [2.75, 3.05) is 15.5 Å². The number of nitrogens with zero attached hydrogens (tertiary/aromatic N) is 1. The van der Waals surface area contributed by atoms with Gasteiger partial charge in [-0.3, -0.25) is 14.4 Å². The van der Waals surface area contributed by atoms with E-state index in [1.165, 1.54) is 11.6 Å². The van der Waals surface area contributed by atoms with Crippen LogP contribution in [0.5, 0.6) is 0 Å². The van der Waals surface area contributed by atoms with Gasteiger partial charge in [0.05, 0.1) is 5.69 Å². The molecule has 3 aromatic rings. The Balaban J connectivity index is 1.42. The summed E-state index contributed by atoms with van der Waals surface area (Å²) >= 11 is 12.2. The van der Waals surface area contributed by atoms with Gasteiger partial charge in [-0.05, 0) is 73.0 Å². The number of amides is 3. The second-order valence-electron chi connectivity index (χ2n) is 8.07. The molecule has 2 N–H and O–H groups in total. The zero-order chi connectivity index (χ0) is 24.9. The van der Waals surface area contributed by atoms with Crippen LogP contribution in [0, 0.1) is 0 Å². The fourth-order valence-electron chi connectivity index (χ4n) is 3.65. The number of nitrogens with one attached hydrogen (secondary N) is 2. The molecule has 0 atom stereocenters. The summed E-state index contributed by atoms with van der Waals surface area (Å²) in [5.74, 6) is -1.49. The Morgan fingerprint density at radius 3 is 2.23 bits per heavy atom. The normalized spacial score (nSPS) is 13.4. The van der Waals surface area contributed by atoms with Gasteiger partial charge in [-0.15, -0.1) is 0 Å². The van der Waals surface area contributed by atoms with Crippen molar-refractivity contribution in [3.05, 3.63) is 99.7 Å². The number of anilines is 3. The van der Waals surface area contributed by atoms with Gasteiger partial charge < -0.3 is 10.6 Å². The lowest BCUT2D eigenvalue weighted by Gasteiger charge is -2.15. The van der Waals surface area contributed by atoms with Crippen LogP contribution in [0.2, 0.25) is 5.02 Å². The largest absolute Gasteiger partial charge is 0.350 e. The Morgan fingerprint density at radius 2 is 1.57 bits per heavy atom. The summed E-state index contributed by atoms with van der Waals surface area (Å²) in [6, 6.07) is 20.7. The molecule has 3 amide bonds. The maximum atomic E-state index is 12.9. The van der Waals surface area contributed by atoms with E-state index in [1.807, 2.05) is 24.3 Å². The number of hydrogen-bond donors (Lipinski definition) is 2. The van der Waals surface area contributed by atoms with Gasteiger partial charge in [0, 0.05) is 22.0 Å². The maximum absolute atomic E-state index is 12.9. The molecular formula is C27H23Cl2N3O3. The molecular weight excluding hydrogens is 485 g/mol. The number of benzene rings is 3. The van der Waals surface area contributed by atoms with Crippen LogP contribution in [0.15, 0.2) is 83.5 Å². The van der Waals surface area contributed by atoms with E-state index in [0.717, 1.165) is 24.2 Å². The second kappa shape index (κ2) is 10.8. The van der Waals surface area contributed by atoms with Gasteiger partial charge in [0.25, 0.3) is 17.7 Å². The molecule has 1 aliphatic heterocycles. The zero-order valence-electron chi connectivity index (χ0n) is 19.0. The summed E-state index contributed by atoms with van der Waals surface area (Å²) in [7, 11) is 0. The van der Waals surface area contributed by atoms with Crippen LogP contribution in [-0.4, -0.2) is 17.7 Å². The first-order chi connectivity index (χ1) is 16.9. The van der Waals surface area contributed by atoms with Crippen LogP contribution in [-0.2, 0) is 16.0 Å². The highest BCUT2D eigenvalue weighted by molar-refractivity contribution is 6.53. The van der Waals surface area contributed by atoms with Crippen LogP contribution in [0.1, 0.15) is 35.7 Å². The van der Waals surface area contributed by atoms with E-state index in [0.29, 0.717) is 27.6 Å². The Bertz CT molecular complexity index is 1300. The van der Waals surface area contributed by atoms with Gasteiger partial charge in [0.1, 0.15) is 10.7 Å². The second-order valence-corrected chi connectivity index (χ2v) is 8.89. The number of rotatable bonds is 8. The highest BCUT2D eigenvalue weighted by Crippen LogP contribution is 2.31. The molecule has 0 fully saturated rings. The minimum atomic E-state index is -0.641. The van der Waals surface area contributed by atoms with E-state index in [-0.39, 0.29) is 16.6 Å². The minimum Gasteiger partial charge on any atom is -0.350 e. The van der Waals surface area contributed by atoms with E-state index < -0.39 is 11.8 Å². The molecule has 0 spiro atoms. The molecule has 3 aromatic carbocycles. The standard InChI is InChI=1S/C27H23Cl2N3O3/c1-2-3-5-17-8-12-21(13-9-17)31-25(33)18-10-14-20(15-11-18)30-24-23(29)26(34)32(27(24)35)22-7-4-6-19(28)16-22/h4,6-16,30H,2-3,5H2,1H3,(H,31,33). The van der Waals surface area contributed by atoms with Crippen LogP contribution >= 0.6 is 23.2 Å². The summed E-state index contributed by atoms with van der Waals surface area (Å²) in [6.07, 6.45) is 3.29. The molecule has 0 radical (unpaired) electrons. The van der Waals surface area contributed by atoms with E-state index in [1.54, 1.807) is 42.5 Å². The number of aryl methyl sites for hydroxylation is 1. The number of carbonyl (C=O) groups excluding carboxylic acids is 3. The number of imide groups is 1. The van der Waals surface area contributed by atoms with Crippen molar-refractivity contribution in [2.45, 2.75) is 26.2 Å². The molecule has 6 nitrogen and oxygen atoms in total. The topological polar surface area (TPSA) is 78.5 Å². The van der Waals surface area contributed by atoms with E-state index in [2.05, 4.69) is 17.6 Å². The van der Waals surface area contributed by atoms with Crippen LogP contribution in [0.25, 0.3) is 0 Å². The van der Waals surface area contributed by atoms with Crippen molar-refractivity contribution in [3.8, 4) is 0 Å². The Labute approximate surface area is 213 Å². The summed E-state index contributed by atoms with van der Waals surface area (Å²) in [5, 5.41) is 5.94. The molecule has 178 valence electrons. The fraction of sp³-hybridized carbons (Fsp3) is 0.148. The van der Waals surface area contributed by atoms with Crippen LogP contribution < -0.4 is 15.5 Å². The van der Waals surface area contributed by atoms with Gasteiger partial charge in [-0.2, -0.15) is 0 Å². The third-order valence-electron chi connectivity index (χ3n) is 5.54. The quantitative estimate of drug-likeness (QED) is 0.347. The van der Waals surface area contributed by atoms with Crippen molar-refractivity contribution < 1.29 is 14.4 Å². The molecule has 0 unspecified atom stereocenters. The molecule has 0 saturated heterocycles. The molecule has 1 heterocycles. The highest BCUT2D eigenvalue weighted by atomic mass is 35.5. The minimum absolute atomic E-state index is 0.0444. The zero-order valence-corrected chi connectivity index (χ0v) is 20.5. The lowest BCUT2D eigenvalue weighted by atomic mass is 10.1. The van der Waals surface area contributed by atoms with E-state index in [4.69, 9.17) is 23.2 Å². The first-order valence-corrected chi connectivity index (χ1v) is 11.9. The van der Waals surface area contributed by atoms with Crippen molar-refractivity contribution in [1.29, 1.82) is 0 Å². The SMILES string of the molecule is CCCCc1ccc(NC(=O)c2ccc(NC3=C(Cl)C(=O)N(c4cccc(Cl)c4)C3=O)cc2)cc1. The Kier molecular flexibility index (Phi) is 7.54. The predicted molar refractivity (Wildman–Crippen MR) is 140 cm³/mol.